The number of benzene rings is 3. The van der Waals surface area contributed by atoms with E-state index in [1.807, 2.05) is 30.3 Å². The second-order valence-corrected chi connectivity index (χ2v) is 9.38. The summed E-state index contributed by atoms with van der Waals surface area (Å²) in [6.45, 7) is 0. The molecule has 0 aliphatic heterocycles. The first-order chi connectivity index (χ1) is 18.3. The molecule has 5 aromatic rings. The molecular weight excluding hydrogens is 515 g/mol. The van der Waals surface area contributed by atoms with Gasteiger partial charge in [-0.15, -0.1) is 11.3 Å². The molecule has 1 N–H and O–H groups in total. The van der Waals surface area contributed by atoms with E-state index in [1.54, 1.807) is 36.4 Å². The van der Waals surface area contributed by atoms with Gasteiger partial charge in [0.2, 0.25) is 5.13 Å². The van der Waals surface area contributed by atoms with Crippen LogP contribution >= 0.6 is 11.3 Å². The number of alkyl halides is 3. The number of amides is 1. The molecular formula is C27H16F3N5O2S. The van der Waals surface area contributed by atoms with Gasteiger partial charge >= 0.3 is 6.18 Å². The van der Waals surface area contributed by atoms with Crippen LogP contribution in [0.4, 0.5) is 13.2 Å². The zero-order valence-corrected chi connectivity index (χ0v) is 20.2. The monoisotopic (exact) mass is 531 g/mol. The Labute approximate surface area is 217 Å². The summed E-state index contributed by atoms with van der Waals surface area (Å²) in [6, 6.07) is 20.7. The van der Waals surface area contributed by atoms with E-state index in [4.69, 9.17) is 0 Å². The van der Waals surface area contributed by atoms with Crippen molar-refractivity contribution in [2.75, 3.05) is 0 Å². The fourth-order valence-electron chi connectivity index (χ4n) is 4.28. The Kier molecular flexibility index (Phi) is 5.64. The number of hydrogen-bond acceptors (Lipinski definition) is 6. The Hall–Kier alpha value is -4.64. The van der Waals surface area contributed by atoms with Crippen molar-refractivity contribution < 1.29 is 22.8 Å². The second-order valence-electron chi connectivity index (χ2n) is 8.55. The first-order valence-corrected chi connectivity index (χ1v) is 12.3. The van der Waals surface area contributed by atoms with Crippen molar-refractivity contribution in [3.8, 4) is 16.4 Å². The average Bonchev–Trinajstić information content (AvgIpc) is 3.64. The van der Waals surface area contributed by atoms with Crippen molar-refractivity contribution in [3.63, 3.8) is 0 Å². The molecule has 6 rings (SSSR count). The first-order valence-electron chi connectivity index (χ1n) is 11.4. The summed E-state index contributed by atoms with van der Waals surface area (Å²) in [6.07, 6.45) is -4.61. The van der Waals surface area contributed by atoms with E-state index in [2.05, 4.69) is 20.6 Å². The van der Waals surface area contributed by atoms with Gasteiger partial charge in [-0.2, -0.15) is 23.4 Å². The van der Waals surface area contributed by atoms with Gasteiger partial charge in [0.1, 0.15) is 5.69 Å². The minimum absolute atomic E-state index is 0.0412. The van der Waals surface area contributed by atoms with Crippen LogP contribution in [0.15, 0.2) is 83.3 Å². The fraction of sp³-hybridized carbons (Fsp3) is 0.0741. The van der Waals surface area contributed by atoms with Gasteiger partial charge < -0.3 is 0 Å². The summed E-state index contributed by atoms with van der Waals surface area (Å²) >= 11 is 0.973. The number of hydrazone groups is 1. The molecule has 3 aromatic carbocycles. The highest BCUT2D eigenvalue weighted by Crippen LogP contribution is 2.34. The maximum Gasteiger partial charge on any atom is 0.435 e. The summed E-state index contributed by atoms with van der Waals surface area (Å²) in [5, 5.41) is 11.2. The lowest BCUT2D eigenvalue weighted by atomic mass is 10.0. The number of hydrogen-bond donors (Lipinski definition) is 1. The van der Waals surface area contributed by atoms with Crippen molar-refractivity contribution in [3.05, 3.63) is 101 Å². The van der Waals surface area contributed by atoms with Crippen LogP contribution in [-0.4, -0.2) is 32.2 Å². The van der Waals surface area contributed by atoms with Gasteiger partial charge in [-0.3, -0.25) is 9.59 Å². The highest BCUT2D eigenvalue weighted by molar-refractivity contribution is 7.12. The van der Waals surface area contributed by atoms with Crippen molar-refractivity contribution >= 4 is 39.5 Å². The van der Waals surface area contributed by atoms with E-state index < -0.39 is 17.8 Å². The largest absolute Gasteiger partial charge is 0.435 e. The third-order valence-corrected chi connectivity index (χ3v) is 6.93. The first kappa shape index (κ1) is 23.7. The van der Waals surface area contributed by atoms with E-state index in [0.29, 0.717) is 22.4 Å². The molecule has 1 aliphatic rings. The van der Waals surface area contributed by atoms with E-state index in [1.165, 1.54) is 5.38 Å². The number of aromatic nitrogens is 3. The van der Waals surface area contributed by atoms with Gasteiger partial charge in [0.25, 0.3) is 5.91 Å². The summed E-state index contributed by atoms with van der Waals surface area (Å²) in [5.74, 6) is -0.753. The Morgan fingerprint density at radius 1 is 0.974 bits per heavy atom. The molecule has 1 amide bonds. The van der Waals surface area contributed by atoms with E-state index in [-0.39, 0.29) is 28.7 Å². The third kappa shape index (κ3) is 4.26. The third-order valence-electron chi connectivity index (χ3n) is 6.11. The van der Waals surface area contributed by atoms with E-state index in [0.717, 1.165) is 32.9 Å². The predicted molar refractivity (Wildman–Crippen MR) is 137 cm³/mol. The van der Waals surface area contributed by atoms with Crippen LogP contribution in [0.25, 0.3) is 27.2 Å². The number of carbonyl (C=O) groups excluding carboxylic acids is 2. The molecule has 2 heterocycles. The SMILES string of the molecule is O=C(NN=C1CC(=O)c2ccccc21)c1csc(-n2nc(C(F)(F)F)cc2-c2ccc3ccccc3c2)n1. The molecule has 1 aliphatic carbocycles. The number of carbonyl (C=O) groups is 2. The molecule has 188 valence electrons. The van der Waals surface area contributed by atoms with Gasteiger partial charge in [-0.05, 0) is 22.9 Å². The van der Waals surface area contributed by atoms with Crippen LogP contribution < -0.4 is 5.43 Å². The number of rotatable bonds is 4. The zero-order chi connectivity index (χ0) is 26.4. The Morgan fingerprint density at radius 3 is 2.50 bits per heavy atom. The number of nitrogens with one attached hydrogen (secondary N) is 1. The van der Waals surface area contributed by atoms with Crippen LogP contribution in [0, 0.1) is 0 Å². The number of Topliss-reactive ketones (excluding diaryl/α,β-unsaturated/α-hetero) is 1. The molecule has 0 radical (unpaired) electrons. The number of ketones is 1. The van der Waals surface area contributed by atoms with Crippen molar-refractivity contribution in [1.82, 2.24) is 20.2 Å². The van der Waals surface area contributed by atoms with Crippen molar-refractivity contribution in [2.45, 2.75) is 12.6 Å². The van der Waals surface area contributed by atoms with Gasteiger partial charge in [0.15, 0.2) is 11.5 Å². The molecule has 7 nitrogen and oxygen atoms in total. The molecule has 38 heavy (non-hydrogen) atoms. The highest BCUT2D eigenvalue weighted by atomic mass is 32.1. The molecule has 11 heteroatoms. The van der Waals surface area contributed by atoms with Gasteiger partial charge in [0, 0.05) is 22.1 Å². The van der Waals surface area contributed by atoms with E-state index in [9.17, 15) is 22.8 Å². The lowest BCUT2D eigenvalue weighted by molar-refractivity contribution is -0.141. The Balaban J connectivity index is 1.32. The minimum atomic E-state index is -4.67. The lowest BCUT2D eigenvalue weighted by Crippen LogP contribution is -2.20. The molecule has 0 saturated heterocycles. The van der Waals surface area contributed by atoms with Gasteiger partial charge in [-0.1, -0.05) is 60.7 Å². The number of nitrogens with zero attached hydrogens (tertiary/aromatic N) is 4. The van der Waals surface area contributed by atoms with Crippen LogP contribution in [-0.2, 0) is 6.18 Å². The molecule has 0 atom stereocenters. The van der Waals surface area contributed by atoms with Crippen LogP contribution in [0.5, 0.6) is 0 Å². The molecule has 0 unspecified atom stereocenters. The lowest BCUT2D eigenvalue weighted by Gasteiger charge is -2.06. The summed E-state index contributed by atoms with van der Waals surface area (Å²) < 4.78 is 41.8. The standard InChI is InChI=1S/C27H16F3N5O2S/c28-27(29,30)24-13-22(17-10-9-15-5-1-2-6-16(15)11-17)35(34-24)26-31-21(14-38-26)25(37)33-32-20-12-23(36)19-8-4-3-7-18(19)20/h1-11,13-14H,12H2,(H,33,37). The topological polar surface area (TPSA) is 89.2 Å². The quantitative estimate of drug-likeness (QED) is 0.293. The molecule has 0 saturated carbocycles. The molecule has 0 fully saturated rings. The Morgan fingerprint density at radius 2 is 1.71 bits per heavy atom. The average molecular weight is 532 g/mol. The Bertz CT molecular complexity index is 1770. The normalized spacial score (nSPS) is 14.3. The van der Waals surface area contributed by atoms with Crippen LogP contribution in [0.1, 0.15) is 38.5 Å². The number of halogens is 3. The predicted octanol–water partition coefficient (Wildman–Crippen LogP) is 5.89. The van der Waals surface area contributed by atoms with E-state index >= 15 is 0 Å². The van der Waals surface area contributed by atoms with Crippen LogP contribution in [0.3, 0.4) is 0 Å². The molecule has 2 aromatic heterocycles. The fourth-order valence-corrected chi connectivity index (χ4v) is 5.05. The summed E-state index contributed by atoms with van der Waals surface area (Å²) in [5.41, 5.74) is 3.60. The van der Waals surface area contributed by atoms with Crippen LogP contribution in [0.2, 0.25) is 0 Å². The zero-order valence-electron chi connectivity index (χ0n) is 19.4. The molecule has 0 spiro atoms. The smallest absolute Gasteiger partial charge is 0.294 e. The van der Waals surface area contributed by atoms with Crippen molar-refractivity contribution in [1.29, 1.82) is 0 Å². The highest BCUT2D eigenvalue weighted by Gasteiger charge is 2.36. The summed E-state index contributed by atoms with van der Waals surface area (Å²) in [7, 11) is 0. The maximum absolute atomic E-state index is 13.6. The molecule has 0 bridgehead atoms. The number of fused-ring (bicyclic) bond motifs is 2. The second kappa shape index (κ2) is 9.03. The number of thiazole rings is 1. The maximum atomic E-state index is 13.6. The van der Waals surface area contributed by atoms with Gasteiger partial charge in [0.05, 0.1) is 17.8 Å². The minimum Gasteiger partial charge on any atom is -0.294 e. The summed E-state index contributed by atoms with van der Waals surface area (Å²) in [4.78, 5) is 29.1. The van der Waals surface area contributed by atoms with Crippen molar-refractivity contribution in [2.24, 2.45) is 5.10 Å². The van der Waals surface area contributed by atoms with Gasteiger partial charge in [-0.25, -0.2) is 15.1 Å².